The van der Waals surface area contributed by atoms with Crippen molar-refractivity contribution in [3.05, 3.63) is 29.8 Å². The summed E-state index contributed by atoms with van der Waals surface area (Å²) in [5, 5.41) is 9.12. The predicted molar refractivity (Wildman–Crippen MR) is 65.7 cm³/mol. The molecule has 1 aromatic carbocycles. The van der Waals surface area contributed by atoms with Gasteiger partial charge in [-0.25, -0.2) is 4.79 Å². The first-order chi connectivity index (χ1) is 8.32. The van der Waals surface area contributed by atoms with Gasteiger partial charge in [-0.15, -0.1) is 0 Å². The average molecular weight is 271 g/mol. The van der Waals surface area contributed by atoms with Gasteiger partial charge in [-0.3, -0.25) is 4.57 Å². The lowest BCUT2D eigenvalue weighted by Gasteiger charge is -2.37. The van der Waals surface area contributed by atoms with Crippen LogP contribution in [0.3, 0.4) is 0 Å². The van der Waals surface area contributed by atoms with Crippen molar-refractivity contribution in [3.8, 4) is 0 Å². The number of anilines is 1. The van der Waals surface area contributed by atoms with Gasteiger partial charge in [0.05, 0.1) is 5.66 Å². The Morgan fingerprint density at radius 3 is 2.56 bits per heavy atom. The molecule has 0 saturated carbocycles. The Labute approximate surface area is 104 Å². The van der Waals surface area contributed by atoms with Crippen molar-refractivity contribution in [1.82, 2.24) is 0 Å². The van der Waals surface area contributed by atoms with E-state index < -0.39 is 25.3 Å². The third kappa shape index (κ3) is 2.14. The lowest BCUT2D eigenvalue weighted by molar-refractivity contribution is -0.138. The lowest BCUT2D eigenvalue weighted by Crippen LogP contribution is -2.43. The van der Waals surface area contributed by atoms with Gasteiger partial charge in [-0.2, -0.15) is 0 Å². The molecular formula is C11H14NO5P. The van der Waals surface area contributed by atoms with E-state index in [4.69, 9.17) is 5.11 Å². The molecule has 2 unspecified atom stereocenters. The van der Waals surface area contributed by atoms with Crippen LogP contribution in [0.1, 0.15) is 17.6 Å². The summed E-state index contributed by atoms with van der Waals surface area (Å²) in [5.74, 6) is -1.08. The van der Waals surface area contributed by atoms with Crippen molar-refractivity contribution in [1.29, 1.82) is 0 Å². The fourth-order valence-corrected chi connectivity index (χ4v) is 3.39. The first-order valence-corrected chi connectivity index (χ1v) is 7.10. The van der Waals surface area contributed by atoms with E-state index >= 15 is 0 Å². The number of carboxylic acid groups (broad SMARTS) is 1. The molecule has 0 bridgehead atoms. The SMILES string of the molecule is CN1c2ccccc2C(P(=O)(O)O)CC1C(=O)O. The van der Waals surface area contributed by atoms with Crippen molar-refractivity contribution in [2.75, 3.05) is 11.9 Å². The van der Waals surface area contributed by atoms with Crippen molar-refractivity contribution in [2.45, 2.75) is 18.1 Å². The van der Waals surface area contributed by atoms with Crippen LogP contribution in [-0.4, -0.2) is 34.0 Å². The Kier molecular flexibility index (Phi) is 3.19. The van der Waals surface area contributed by atoms with Gasteiger partial charge in [0.2, 0.25) is 0 Å². The summed E-state index contributed by atoms with van der Waals surface area (Å²) >= 11 is 0. The van der Waals surface area contributed by atoms with Crippen LogP contribution in [0.4, 0.5) is 5.69 Å². The van der Waals surface area contributed by atoms with Gasteiger partial charge in [0, 0.05) is 12.7 Å². The maximum atomic E-state index is 11.5. The molecule has 1 heterocycles. The van der Waals surface area contributed by atoms with Gasteiger partial charge < -0.3 is 19.8 Å². The molecule has 3 N–H and O–H groups in total. The number of benzene rings is 1. The molecule has 0 saturated heterocycles. The normalized spacial score (nSPS) is 23.6. The van der Waals surface area contributed by atoms with Crippen LogP contribution in [0.5, 0.6) is 0 Å². The molecule has 7 heteroatoms. The number of hydrogen-bond donors (Lipinski definition) is 3. The lowest BCUT2D eigenvalue weighted by atomic mass is 9.96. The van der Waals surface area contributed by atoms with Crippen LogP contribution in [0.25, 0.3) is 0 Å². The van der Waals surface area contributed by atoms with Crippen LogP contribution in [0.15, 0.2) is 24.3 Å². The van der Waals surface area contributed by atoms with Gasteiger partial charge in [0.1, 0.15) is 6.04 Å². The number of likely N-dealkylation sites (N-methyl/N-ethyl adjacent to an activating group) is 1. The third-order valence-electron chi connectivity index (χ3n) is 3.28. The van der Waals surface area contributed by atoms with E-state index in [-0.39, 0.29) is 6.42 Å². The Morgan fingerprint density at radius 1 is 1.39 bits per heavy atom. The second kappa shape index (κ2) is 4.39. The quantitative estimate of drug-likeness (QED) is 0.699. The molecular weight excluding hydrogens is 257 g/mol. The number of carbonyl (C=O) groups is 1. The number of nitrogens with zero attached hydrogens (tertiary/aromatic N) is 1. The molecule has 1 aromatic rings. The molecule has 1 aliphatic heterocycles. The maximum absolute atomic E-state index is 11.5. The topological polar surface area (TPSA) is 98.1 Å². The van der Waals surface area contributed by atoms with Gasteiger partial charge >= 0.3 is 13.6 Å². The fraction of sp³-hybridized carbons (Fsp3) is 0.364. The number of fused-ring (bicyclic) bond motifs is 1. The number of hydrogen-bond acceptors (Lipinski definition) is 3. The molecule has 2 atom stereocenters. The van der Waals surface area contributed by atoms with Crippen LogP contribution in [-0.2, 0) is 9.36 Å². The molecule has 0 aromatic heterocycles. The monoisotopic (exact) mass is 271 g/mol. The zero-order valence-corrected chi connectivity index (χ0v) is 10.6. The van der Waals surface area contributed by atoms with E-state index in [1.165, 1.54) is 0 Å². The average Bonchev–Trinajstić information content (AvgIpc) is 2.27. The minimum atomic E-state index is -4.37. The summed E-state index contributed by atoms with van der Waals surface area (Å²) < 4.78 is 11.5. The summed E-state index contributed by atoms with van der Waals surface area (Å²) in [7, 11) is -2.75. The number of rotatable bonds is 2. The highest BCUT2D eigenvalue weighted by molar-refractivity contribution is 7.52. The fourth-order valence-electron chi connectivity index (χ4n) is 2.34. The molecule has 0 amide bonds. The zero-order valence-electron chi connectivity index (χ0n) is 9.72. The van der Waals surface area contributed by atoms with Crippen molar-refractivity contribution in [2.24, 2.45) is 0 Å². The number of aliphatic carboxylic acids is 1. The van der Waals surface area contributed by atoms with Crippen molar-refractivity contribution >= 4 is 19.3 Å². The van der Waals surface area contributed by atoms with E-state index in [0.717, 1.165) is 0 Å². The van der Waals surface area contributed by atoms with E-state index in [0.29, 0.717) is 11.3 Å². The smallest absolute Gasteiger partial charge is 0.333 e. The second-order valence-electron chi connectivity index (χ2n) is 4.36. The molecule has 0 fully saturated rings. The van der Waals surface area contributed by atoms with Crippen LogP contribution < -0.4 is 4.90 Å². The molecule has 6 nitrogen and oxygen atoms in total. The van der Waals surface area contributed by atoms with Crippen molar-refractivity contribution < 1.29 is 24.3 Å². The molecule has 2 rings (SSSR count). The third-order valence-corrected chi connectivity index (χ3v) is 4.58. The highest BCUT2D eigenvalue weighted by Crippen LogP contribution is 2.58. The van der Waals surface area contributed by atoms with Crippen molar-refractivity contribution in [3.63, 3.8) is 0 Å². The van der Waals surface area contributed by atoms with E-state index in [9.17, 15) is 19.1 Å². The van der Waals surface area contributed by atoms with Gasteiger partial charge in [0.25, 0.3) is 0 Å². The van der Waals surface area contributed by atoms with E-state index in [1.54, 1.807) is 36.2 Å². The van der Waals surface area contributed by atoms with Gasteiger partial charge in [-0.05, 0) is 18.1 Å². The van der Waals surface area contributed by atoms with Gasteiger partial charge in [0.15, 0.2) is 0 Å². The highest BCUT2D eigenvalue weighted by Gasteiger charge is 2.42. The molecule has 18 heavy (non-hydrogen) atoms. The first kappa shape index (κ1) is 13.1. The Morgan fingerprint density at radius 2 is 2.00 bits per heavy atom. The molecule has 0 aliphatic carbocycles. The standard InChI is InChI=1S/C11H14NO5P/c1-12-8-5-3-2-4-7(8)10(18(15,16)17)6-9(12)11(13)14/h2-5,9-10H,6H2,1H3,(H,13,14)(H2,15,16,17). The summed E-state index contributed by atoms with van der Waals surface area (Å²) in [6.45, 7) is 0. The second-order valence-corrected chi connectivity index (χ2v) is 6.17. The van der Waals surface area contributed by atoms with Crippen LogP contribution in [0, 0.1) is 0 Å². The molecule has 0 radical (unpaired) electrons. The first-order valence-electron chi connectivity index (χ1n) is 5.42. The van der Waals surface area contributed by atoms with Crippen LogP contribution >= 0.6 is 7.60 Å². The summed E-state index contributed by atoms with van der Waals surface area (Å²) in [6, 6.07) is 5.80. The van der Waals surface area contributed by atoms with E-state index in [1.807, 2.05) is 0 Å². The number of carboxylic acids is 1. The highest BCUT2D eigenvalue weighted by atomic mass is 31.2. The minimum absolute atomic E-state index is 0.0902. The maximum Gasteiger partial charge on any atom is 0.333 e. The van der Waals surface area contributed by atoms with E-state index in [2.05, 4.69) is 0 Å². The Hall–Kier alpha value is -1.36. The van der Waals surface area contributed by atoms with Gasteiger partial charge in [-0.1, -0.05) is 18.2 Å². The summed E-state index contributed by atoms with van der Waals surface area (Å²) in [5.41, 5.74) is 0.0151. The summed E-state index contributed by atoms with van der Waals surface area (Å²) in [4.78, 5) is 31.4. The van der Waals surface area contributed by atoms with Crippen LogP contribution in [0.2, 0.25) is 0 Å². The Bertz CT molecular complexity index is 526. The summed E-state index contributed by atoms with van der Waals surface area (Å²) in [6.07, 6.45) is -0.0902. The molecule has 98 valence electrons. The minimum Gasteiger partial charge on any atom is -0.480 e. The largest absolute Gasteiger partial charge is 0.480 e. The number of para-hydroxylation sites is 1. The Balaban J connectivity index is 2.55. The zero-order chi connectivity index (χ0) is 13.5. The molecule has 1 aliphatic rings. The predicted octanol–water partition coefficient (Wildman–Crippen LogP) is 1.20. The molecule has 0 spiro atoms.